The molecule has 68 valence electrons. The summed E-state index contributed by atoms with van der Waals surface area (Å²) in [5.74, 6) is 0. The van der Waals surface area contributed by atoms with E-state index in [0.717, 1.165) is 25.2 Å². The van der Waals surface area contributed by atoms with Crippen molar-refractivity contribution in [1.29, 1.82) is 0 Å². The second-order valence-electron chi connectivity index (χ2n) is 3.12. The van der Waals surface area contributed by atoms with E-state index in [-0.39, 0.29) is 0 Å². The van der Waals surface area contributed by atoms with Gasteiger partial charge in [-0.1, -0.05) is 12.1 Å². The van der Waals surface area contributed by atoms with Gasteiger partial charge in [-0.3, -0.25) is 4.79 Å². The Kier molecular flexibility index (Phi) is 2.27. The Balaban J connectivity index is 2.05. The van der Waals surface area contributed by atoms with Crippen molar-refractivity contribution >= 4 is 12.0 Å². The molecule has 0 aliphatic carbocycles. The second kappa shape index (κ2) is 3.58. The minimum atomic E-state index is 0.405. The molecule has 1 aliphatic heterocycles. The van der Waals surface area contributed by atoms with Crippen LogP contribution in [0.2, 0.25) is 0 Å². The number of hydrogen-bond acceptors (Lipinski definition) is 3. The first kappa shape index (κ1) is 8.26. The Morgan fingerprint density at radius 2 is 2.31 bits per heavy atom. The van der Waals surface area contributed by atoms with Crippen LogP contribution in [0.4, 0.5) is 5.69 Å². The first-order valence-electron chi connectivity index (χ1n) is 4.28. The zero-order chi connectivity index (χ0) is 9.10. The van der Waals surface area contributed by atoms with E-state index < -0.39 is 0 Å². The lowest BCUT2D eigenvalue weighted by Gasteiger charge is -2.27. The molecule has 0 aromatic heterocycles. The van der Waals surface area contributed by atoms with Crippen molar-refractivity contribution < 1.29 is 9.53 Å². The Morgan fingerprint density at radius 3 is 2.92 bits per heavy atom. The maximum absolute atomic E-state index is 10.5. The van der Waals surface area contributed by atoms with Crippen LogP contribution in [0.15, 0.2) is 24.3 Å². The highest BCUT2D eigenvalue weighted by molar-refractivity contribution is 5.76. The van der Waals surface area contributed by atoms with Gasteiger partial charge in [0.1, 0.15) is 6.29 Å². The van der Waals surface area contributed by atoms with E-state index in [1.807, 2.05) is 18.2 Å². The lowest BCUT2D eigenvalue weighted by atomic mass is 10.2. The number of ether oxygens (including phenoxy) is 1. The molecule has 13 heavy (non-hydrogen) atoms. The van der Waals surface area contributed by atoms with Crippen molar-refractivity contribution in [1.82, 2.24) is 0 Å². The van der Waals surface area contributed by atoms with Gasteiger partial charge in [0.25, 0.3) is 0 Å². The van der Waals surface area contributed by atoms with Gasteiger partial charge >= 0.3 is 0 Å². The second-order valence-corrected chi connectivity index (χ2v) is 3.12. The maximum Gasteiger partial charge on any atom is 0.150 e. The summed E-state index contributed by atoms with van der Waals surface area (Å²) in [6.45, 7) is 1.51. The largest absolute Gasteiger partial charge is 0.378 e. The molecule has 0 unspecified atom stereocenters. The average molecular weight is 177 g/mol. The third-order valence-electron chi connectivity index (χ3n) is 2.03. The fourth-order valence-electron chi connectivity index (χ4n) is 1.26. The van der Waals surface area contributed by atoms with Crippen LogP contribution >= 0.6 is 0 Å². The van der Waals surface area contributed by atoms with Crippen LogP contribution in [-0.2, 0) is 4.74 Å². The van der Waals surface area contributed by atoms with Gasteiger partial charge in [-0.2, -0.15) is 0 Å². The van der Waals surface area contributed by atoms with Gasteiger partial charge in [0.15, 0.2) is 0 Å². The molecule has 1 aromatic rings. The average Bonchev–Trinajstić information content (AvgIpc) is 2.12. The van der Waals surface area contributed by atoms with Gasteiger partial charge in [0, 0.05) is 11.3 Å². The summed E-state index contributed by atoms with van der Waals surface area (Å²) in [6.07, 6.45) is 0.850. The number of hydrogen-bond donors (Lipinski definition) is 1. The molecule has 1 aliphatic rings. The number of rotatable bonds is 3. The van der Waals surface area contributed by atoms with Gasteiger partial charge in [-0.05, 0) is 12.1 Å². The van der Waals surface area contributed by atoms with Crippen LogP contribution in [0.25, 0.3) is 0 Å². The van der Waals surface area contributed by atoms with Crippen molar-refractivity contribution in [2.45, 2.75) is 6.04 Å². The molecule has 3 heteroatoms. The first-order valence-corrected chi connectivity index (χ1v) is 4.28. The van der Waals surface area contributed by atoms with Crippen molar-refractivity contribution in [3.05, 3.63) is 29.8 Å². The number of nitrogens with one attached hydrogen (secondary N) is 1. The minimum absolute atomic E-state index is 0.405. The van der Waals surface area contributed by atoms with Crippen LogP contribution in [0, 0.1) is 0 Å². The first-order chi connectivity index (χ1) is 6.38. The normalized spacial score (nSPS) is 16.3. The summed E-state index contributed by atoms with van der Waals surface area (Å²) in [7, 11) is 0. The molecule has 0 bridgehead atoms. The van der Waals surface area contributed by atoms with Gasteiger partial charge in [-0.15, -0.1) is 0 Å². The van der Waals surface area contributed by atoms with E-state index in [1.165, 1.54) is 0 Å². The van der Waals surface area contributed by atoms with Crippen LogP contribution in [0.1, 0.15) is 10.4 Å². The Bertz CT molecular complexity index is 308. The summed E-state index contributed by atoms with van der Waals surface area (Å²) in [5, 5.41) is 3.27. The Labute approximate surface area is 76.7 Å². The number of benzene rings is 1. The molecule has 1 N–H and O–H groups in total. The Hall–Kier alpha value is -1.35. The van der Waals surface area contributed by atoms with Crippen LogP contribution in [-0.4, -0.2) is 25.5 Å². The summed E-state index contributed by atoms with van der Waals surface area (Å²) in [6, 6.07) is 7.85. The third kappa shape index (κ3) is 1.87. The quantitative estimate of drug-likeness (QED) is 0.707. The van der Waals surface area contributed by atoms with Crippen molar-refractivity contribution in [3.8, 4) is 0 Å². The van der Waals surface area contributed by atoms with Gasteiger partial charge < -0.3 is 10.1 Å². The number of carbonyl (C=O) groups excluding carboxylic acids is 1. The molecule has 0 saturated carbocycles. The van der Waals surface area contributed by atoms with E-state index in [9.17, 15) is 4.79 Å². The molecule has 3 nitrogen and oxygen atoms in total. The molecular formula is C10H11NO2. The minimum Gasteiger partial charge on any atom is -0.378 e. The summed E-state index contributed by atoms with van der Waals surface area (Å²) in [4.78, 5) is 10.5. The predicted octanol–water partition coefficient (Wildman–Crippen LogP) is 1.31. The van der Waals surface area contributed by atoms with Gasteiger partial charge in [0.05, 0.1) is 19.3 Å². The SMILES string of the molecule is O=Cc1cccc(NC2COC2)c1. The molecule has 1 heterocycles. The van der Waals surface area contributed by atoms with Crippen molar-refractivity contribution in [3.63, 3.8) is 0 Å². The van der Waals surface area contributed by atoms with E-state index in [0.29, 0.717) is 11.6 Å². The zero-order valence-corrected chi connectivity index (χ0v) is 7.19. The predicted molar refractivity (Wildman–Crippen MR) is 50.1 cm³/mol. The van der Waals surface area contributed by atoms with Crippen LogP contribution in [0.5, 0.6) is 0 Å². The monoisotopic (exact) mass is 177 g/mol. The molecule has 1 saturated heterocycles. The molecule has 0 spiro atoms. The standard InChI is InChI=1S/C10H11NO2/c12-5-8-2-1-3-9(4-8)11-10-6-13-7-10/h1-5,10-11H,6-7H2. The van der Waals surface area contributed by atoms with Gasteiger partial charge in [-0.25, -0.2) is 0 Å². The number of anilines is 1. The molecular weight excluding hydrogens is 166 g/mol. The zero-order valence-electron chi connectivity index (χ0n) is 7.19. The summed E-state index contributed by atoms with van der Waals surface area (Å²) >= 11 is 0. The molecule has 0 radical (unpaired) electrons. The Morgan fingerprint density at radius 1 is 1.46 bits per heavy atom. The highest BCUT2D eigenvalue weighted by Gasteiger charge is 2.17. The van der Waals surface area contributed by atoms with Gasteiger partial charge in [0.2, 0.25) is 0 Å². The maximum atomic E-state index is 10.5. The lowest BCUT2D eigenvalue weighted by Crippen LogP contribution is -2.40. The van der Waals surface area contributed by atoms with Crippen LogP contribution < -0.4 is 5.32 Å². The van der Waals surface area contributed by atoms with E-state index in [1.54, 1.807) is 6.07 Å². The highest BCUT2D eigenvalue weighted by Crippen LogP contribution is 2.13. The van der Waals surface area contributed by atoms with Crippen molar-refractivity contribution in [2.75, 3.05) is 18.5 Å². The number of carbonyl (C=O) groups is 1. The van der Waals surface area contributed by atoms with Crippen molar-refractivity contribution in [2.24, 2.45) is 0 Å². The highest BCUT2D eigenvalue weighted by atomic mass is 16.5. The number of aldehydes is 1. The van der Waals surface area contributed by atoms with E-state index >= 15 is 0 Å². The van der Waals surface area contributed by atoms with E-state index in [2.05, 4.69) is 5.32 Å². The lowest BCUT2D eigenvalue weighted by molar-refractivity contribution is 0.0211. The molecule has 2 rings (SSSR count). The molecule has 0 atom stereocenters. The topological polar surface area (TPSA) is 38.3 Å². The third-order valence-corrected chi connectivity index (χ3v) is 2.03. The smallest absolute Gasteiger partial charge is 0.150 e. The summed E-state index contributed by atoms with van der Waals surface area (Å²) in [5.41, 5.74) is 1.68. The van der Waals surface area contributed by atoms with E-state index in [4.69, 9.17) is 4.74 Å². The molecule has 0 amide bonds. The van der Waals surface area contributed by atoms with Crippen LogP contribution in [0.3, 0.4) is 0 Å². The fraction of sp³-hybridized carbons (Fsp3) is 0.300. The molecule has 1 aromatic carbocycles. The molecule has 1 fully saturated rings. The fourth-order valence-corrected chi connectivity index (χ4v) is 1.26. The summed E-state index contributed by atoms with van der Waals surface area (Å²) < 4.78 is 5.03.